The van der Waals surface area contributed by atoms with Crippen molar-refractivity contribution in [1.29, 1.82) is 0 Å². The molecular formula is C44H28O2. The third-order valence-corrected chi connectivity index (χ3v) is 8.63. The molecule has 0 radical (unpaired) electrons. The fourth-order valence-corrected chi connectivity index (χ4v) is 6.67. The van der Waals surface area contributed by atoms with E-state index in [9.17, 15) is 6.48 Å². The number of rotatable bonds is 4. The minimum atomic E-state index is -0.479. The van der Waals surface area contributed by atoms with Crippen LogP contribution < -0.4 is 0 Å². The monoisotopic (exact) mass is 596 g/mol. The van der Waals surface area contributed by atoms with Gasteiger partial charge >= 0.3 is 0 Å². The minimum Gasteiger partial charge on any atom is -0.507 e. The van der Waals surface area contributed by atoms with Gasteiger partial charge in [0, 0.05) is 27.5 Å². The lowest BCUT2D eigenvalue weighted by Gasteiger charge is -2.20. The summed E-state index contributed by atoms with van der Waals surface area (Å²) in [4.78, 5) is 0. The number of phenols is 1. The van der Waals surface area contributed by atoms with Crippen LogP contribution >= 0.6 is 0 Å². The number of furan rings is 1. The molecule has 0 aliphatic heterocycles. The highest BCUT2D eigenvalue weighted by Gasteiger charge is 2.23. The number of hydrogen-bond donors (Lipinski definition) is 1. The van der Waals surface area contributed by atoms with E-state index in [-0.39, 0.29) is 52.7 Å². The largest absolute Gasteiger partial charge is 0.507 e. The third kappa shape index (κ3) is 4.04. The molecule has 0 aliphatic carbocycles. The Bertz CT molecular complexity index is 2960. The van der Waals surface area contributed by atoms with Gasteiger partial charge in [-0.3, -0.25) is 0 Å². The lowest BCUT2D eigenvalue weighted by molar-refractivity contribution is 0.479. The predicted molar refractivity (Wildman–Crippen MR) is 192 cm³/mol. The molecule has 0 saturated carbocycles. The molecule has 1 aromatic heterocycles. The number of hydrogen-bond acceptors (Lipinski definition) is 2. The van der Waals surface area contributed by atoms with Gasteiger partial charge in [0.2, 0.25) is 0 Å². The van der Waals surface area contributed by atoms with Crippen LogP contribution in [0.3, 0.4) is 0 Å². The number of para-hydroxylation sites is 2. The second-order valence-electron chi connectivity index (χ2n) is 11.2. The Kier molecular flexibility index (Phi) is 4.41. The van der Waals surface area contributed by atoms with Crippen LogP contribution in [0.1, 0.15) is 11.0 Å². The van der Waals surface area contributed by atoms with Gasteiger partial charge in [0.25, 0.3) is 0 Å². The van der Waals surface area contributed by atoms with E-state index in [4.69, 9.17) is 14.0 Å². The molecule has 0 bridgehead atoms. The Labute approximate surface area is 277 Å². The zero-order chi connectivity index (χ0) is 37.6. The molecule has 0 atom stereocenters. The lowest BCUT2D eigenvalue weighted by atomic mass is 9.83. The van der Waals surface area contributed by atoms with Gasteiger partial charge in [-0.05, 0) is 67.6 Å². The Morgan fingerprint density at radius 1 is 0.435 bits per heavy atom. The Morgan fingerprint density at radius 2 is 1.00 bits per heavy atom. The highest BCUT2D eigenvalue weighted by atomic mass is 16.3. The molecule has 0 amide bonds. The van der Waals surface area contributed by atoms with Crippen molar-refractivity contribution in [1.82, 2.24) is 0 Å². The molecule has 8 aromatic carbocycles. The van der Waals surface area contributed by atoms with E-state index in [1.54, 1.807) is 30.3 Å². The van der Waals surface area contributed by atoms with Crippen molar-refractivity contribution in [2.24, 2.45) is 0 Å². The van der Waals surface area contributed by atoms with E-state index in [2.05, 4.69) is 0 Å². The maximum Gasteiger partial charge on any atom is 0.136 e. The van der Waals surface area contributed by atoms with Crippen LogP contribution in [0.2, 0.25) is 0 Å². The quantitative estimate of drug-likeness (QED) is 0.205. The van der Waals surface area contributed by atoms with E-state index in [1.165, 1.54) is 0 Å². The van der Waals surface area contributed by atoms with Crippen LogP contribution in [0.5, 0.6) is 5.75 Å². The lowest BCUT2D eigenvalue weighted by Crippen LogP contribution is -1.93. The first-order chi connectivity index (χ1) is 26.1. The second kappa shape index (κ2) is 10.5. The van der Waals surface area contributed by atoms with Gasteiger partial charge in [0.15, 0.2) is 0 Å². The molecule has 2 nitrogen and oxygen atoms in total. The number of benzene rings is 8. The van der Waals surface area contributed by atoms with Crippen LogP contribution in [0.25, 0.3) is 88.0 Å². The van der Waals surface area contributed by atoms with Gasteiger partial charge in [0.05, 0.1) is 11.0 Å². The minimum absolute atomic E-state index is 0.0468. The van der Waals surface area contributed by atoms with Crippen molar-refractivity contribution in [3.05, 3.63) is 164 Å². The average molecular weight is 597 g/mol. The SMILES string of the molecule is [2H]c1c([2H])c([2H])c(-c2cc(-c3c4ccccc4c(-c4c([2H])c([2H])c([2H])c(-c5ccccc5)c4O)c4ccccc34)c3c(c2)oc2ccccc23)c([2H])c1[2H]. The summed E-state index contributed by atoms with van der Waals surface area (Å²) in [7, 11) is 0. The van der Waals surface area contributed by atoms with Crippen molar-refractivity contribution in [2.45, 2.75) is 0 Å². The highest BCUT2D eigenvalue weighted by Crippen LogP contribution is 2.50. The Morgan fingerprint density at radius 3 is 1.67 bits per heavy atom. The molecule has 46 heavy (non-hydrogen) atoms. The maximum absolute atomic E-state index is 12.1. The summed E-state index contributed by atoms with van der Waals surface area (Å²) >= 11 is 0. The molecule has 216 valence electrons. The summed E-state index contributed by atoms with van der Waals surface area (Å²) in [6.07, 6.45) is 0. The van der Waals surface area contributed by atoms with Crippen LogP contribution in [-0.4, -0.2) is 5.11 Å². The van der Waals surface area contributed by atoms with E-state index in [0.29, 0.717) is 44.2 Å². The fourth-order valence-electron chi connectivity index (χ4n) is 6.67. The summed E-state index contributed by atoms with van der Waals surface area (Å²) in [6.45, 7) is 0. The number of fused-ring (bicyclic) bond motifs is 5. The summed E-state index contributed by atoms with van der Waals surface area (Å²) in [6, 6.07) is 32.6. The molecule has 0 fully saturated rings. The Balaban J connectivity index is 1.46. The van der Waals surface area contributed by atoms with Gasteiger partial charge < -0.3 is 9.52 Å². The summed E-state index contributed by atoms with van der Waals surface area (Å²) in [5.74, 6) is -0.262. The first-order valence-electron chi connectivity index (χ1n) is 18.9. The van der Waals surface area contributed by atoms with Crippen molar-refractivity contribution in [3.63, 3.8) is 0 Å². The van der Waals surface area contributed by atoms with Crippen LogP contribution in [0, 0.1) is 0 Å². The van der Waals surface area contributed by atoms with Crippen molar-refractivity contribution < 1.29 is 20.5 Å². The third-order valence-electron chi connectivity index (χ3n) is 8.63. The molecule has 1 N–H and O–H groups in total. The maximum atomic E-state index is 12.1. The molecule has 0 aliphatic rings. The van der Waals surface area contributed by atoms with Gasteiger partial charge in [-0.15, -0.1) is 0 Å². The van der Waals surface area contributed by atoms with Crippen molar-refractivity contribution in [3.8, 4) is 50.3 Å². The van der Waals surface area contributed by atoms with Gasteiger partial charge in [0.1, 0.15) is 16.9 Å². The summed E-state index contributed by atoms with van der Waals surface area (Å²) in [5, 5.41) is 16.5. The predicted octanol–water partition coefficient (Wildman–Crippen LogP) is 12.3. The molecule has 9 rings (SSSR count). The van der Waals surface area contributed by atoms with E-state index in [0.717, 1.165) is 27.1 Å². The molecular weight excluding hydrogens is 560 g/mol. The van der Waals surface area contributed by atoms with Crippen molar-refractivity contribution >= 4 is 43.5 Å². The topological polar surface area (TPSA) is 33.4 Å². The number of phenolic OH excluding ortho intramolecular Hbond substituents is 1. The Hall–Kier alpha value is -6.12. The summed E-state index contributed by atoms with van der Waals surface area (Å²) in [5.41, 5.74) is 4.38. The van der Waals surface area contributed by atoms with E-state index >= 15 is 0 Å². The molecule has 2 heteroatoms. The van der Waals surface area contributed by atoms with Crippen LogP contribution in [0.4, 0.5) is 0 Å². The number of aromatic hydroxyl groups is 1. The molecule has 9 aromatic rings. The van der Waals surface area contributed by atoms with Gasteiger partial charge in [-0.25, -0.2) is 0 Å². The van der Waals surface area contributed by atoms with Crippen LogP contribution in [-0.2, 0) is 0 Å². The zero-order valence-corrected chi connectivity index (χ0v) is 24.3. The molecule has 0 unspecified atom stereocenters. The molecule has 0 spiro atoms. The van der Waals surface area contributed by atoms with Crippen molar-refractivity contribution in [2.75, 3.05) is 0 Å². The zero-order valence-electron chi connectivity index (χ0n) is 32.3. The van der Waals surface area contributed by atoms with Gasteiger partial charge in [-0.2, -0.15) is 0 Å². The average Bonchev–Trinajstić information content (AvgIpc) is 3.57. The molecule has 1 heterocycles. The summed E-state index contributed by atoms with van der Waals surface area (Å²) < 4.78 is 76.0. The first kappa shape index (κ1) is 19.3. The van der Waals surface area contributed by atoms with Crippen LogP contribution in [0.15, 0.2) is 168 Å². The standard InChI is InChI=1S/C44H28O2/c45-44-31(29-16-5-2-6-17-29)23-13-24-37(44)41-32-18-7-9-20-34(32)42(35-21-10-8-19-33(35)41)38-26-30(28-14-3-1-4-15-28)27-40-43(38)36-22-11-12-25-39(36)46-40/h1-27,45H/i1D,3D,4D,13D,14D,15D,23D,24D. The van der Waals surface area contributed by atoms with E-state index in [1.807, 2.05) is 84.9 Å². The van der Waals surface area contributed by atoms with E-state index < -0.39 is 18.1 Å². The van der Waals surface area contributed by atoms with Gasteiger partial charge in [-0.1, -0.05) is 145 Å². The first-order valence-corrected chi connectivity index (χ1v) is 14.9. The highest BCUT2D eigenvalue weighted by molar-refractivity contribution is 6.26. The smallest absolute Gasteiger partial charge is 0.136 e. The fraction of sp³-hybridized carbons (Fsp3) is 0. The molecule has 0 saturated heterocycles. The normalized spacial score (nSPS) is 14.0. The second-order valence-corrected chi connectivity index (χ2v) is 11.2.